The average Bonchev–Trinajstić information content (AvgIpc) is 2.47. The first-order valence-electron chi connectivity index (χ1n) is 6.14. The van der Waals surface area contributed by atoms with E-state index in [2.05, 4.69) is 0 Å². The zero-order valence-electron chi connectivity index (χ0n) is 11.5. The molecule has 1 heterocycles. The van der Waals surface area contributed by atoms with Gasteiger partial charge in [-0.05, 0) is 18.2 Å². The van der Waals surface area contributed by atoms with Crippen molar-refractivity contribution in [2.45, 2.75) is 11.0 Å². The molecular formula is C12H18ClFN2O4S. The molecule has 1 aliphatic heterocycles. The Labute approximate surface area is 129 Å². The number of nitrogens with zero attached hydrogens (tertiary/aromatic N) is 1. The van der Waals surface area contributed by atoms with Crippen LogP contribution in [0.3, 0.4) is 0 Å². The van der Waals surface area contributed by atoms with Crippen LogP contribution in [0, 0.1) is 5.82 Å². The number of hydrogen-bond acceptors (Lipinski definition) is 5. The van der Waals surface area contributed by atoms with Crippen molar-refractivity contribution in [2.75, 3.05) is 33.4 Å². The molecular weight excluding hydrogens is 323 g/mol. The highest BCUT2D eigenvalue weighted by molar-refractivity contribution is 7.89. The lowest BCUT2D eigenvalue weighted by molar-refractivity contribution is 0.00450. The predicted octanol–water partition coefficient (Wildman–Crippen LogP) is 0.604. The molecule has 0 aliphatic carbocycles. The first-order chi connectivity index (χ1) is 9.48. The Morgan fingerprint density at radius 3 is 2.81 bits per heavy atom. The summed E-state index contributed by atoms with van der Waals surface area (Å²) in [4.78, 5) is -0.103. The van der Waals surface area contributed by atoms with Crippen molar-refractivity contribution >= 4 is 22.4 Å². The highest BCUT2D eigenvalue weighted by Crippen LogP contribution is 2.24. The van der Waals surface area contributed by atoms with Crippen molar-refractivity contribution in [1.82, 2.24) is 4.31 Å². The van der Waals surface area contributed by atoms with Crippen LogP contribution in [0.5, 0.6) is 5.75 Å². The van der Waals surface area contributed by atoms with Gasteiger partial charge in [-0.3, -0.25) is 0 Å². The van der Waals surface area contributed by atoms with Gasteiger partial charge in [0.05, 0.1) is 24.7 Å². The summed E-state index contributed by atoms with van der Waals surface area (Å²) in [5.74, 6) is -0.706. The number of sulfonamides is 1. The van der Waals surface area contributed by atoms with Gasteiger partial charge in [0.25, 0.3) is 0 Å². The molecule has 0 amide bonds. The first kappa shape index (κ1) is 18.1. The minimum atomic E-state index is -3.75. The zero-order valence-corrected chi connectivity index (χ0v) is 13.1. The van der Waals surface area contributed by atoms with Crippen LogP contribution >= 0.6 is 12.4 Å². The number of morpholine rings is 1. The number of halogens is 2. The van der Waals surface area contributed by atoms with Crippen molar-refractivity contribution in [2.24, 2.45) is 5.73 Å². The number of methoxy groups -OCH3 is 1. The summed E-state index contributed by atoms with van der Waals surface area (Å²) in [6.45, 7) is 0.918. The number of benzene rings is 1. The van der Waals surface area contributed by atoms with Crippen LogP contribution in [-0.4, -0.2) is 52.2 Å². The molecule has 6 nitrogen and oxygen atoms in total. The molecule has 1 atom stereocenters. The predicted molar refractivity (Wildman–Crippen MR) is 77.8 cm³/mol. The van der Waals surface area contributed by atoms with Crippen molar-refractivity contribution < 1.29 is 22.3 Å². The van der Waals surface area contributed by atoms with Crippen molar-refractivity contribution in [3.8, 4) is 5.75 Å². The van der Waals surface area contributed by atoms with E-state index in [0.717, 1.165) is 6.07 Å². The second kappa shape index (κ2) is 7.37. The Morgan fingerprint density at radius 2 is 2.24 bits per heavy atom. The molecule has 2 rings (SSSR count). The summed E-state index contributed by atoms with van der Waals surface area (Å²) in [7, 11) is -2.43. The van der Waals surface area contributed by atoms with Crippen LogP contribution < -0.4 is 10.5 Å². The van der Waals surface area contributed by atoms with Gasteiger partial charge < -0.3 is 15.2 Å². The topological polar surface area (TPSA) is 81.9 Å². The Kier molecular flexibility index (Phi) is 6.36. The number of ether oxygens (including phenoxy) is 2. The van der Waals surface area contributed by atoms with E-state index in [0.29, 0.717) is 0 Å². The second-order valence-electron chi connectivity index (χ2n) is 4.39. The Bertz CT molecular complexity index is 585. The fraction of sp³-hybridized carbons (Fsp3) is 0.500. The maximum atomic E-state index is 13.6. The lowest BCUT2D eigenvalue weighted by atomic mass is 10.3. The van der Waals surface area contributed by atoms with Gasteiger partial charge in [-0.15, -0.1) is 12.4 Å². The first-order valence-corrected chi connectivity index (χ1v) is 7.58. The minimum absolute atomic E-state index is 0. The van der Waals surface area contributed by atoms with Gasteiger partial charge in [0.2, 0.25) is 10.0 Å². The van der Waals surface area contributed by atoms with Crippen molar-refractivity contribution in [3.63, 3.8) is 0 Å². The van der Waals surface area contributed by atoms with Crippen LogP contribution in [0.1, 0.15) is 0 Å². The number of hydrogen-bond donors (Lipinski definition) is 1. The van der Waals surface area contributed by atoms with Crippen LogP contribution in [0.25, 0.3) is 0 Å². The summed E-state index contributed by atoms with van der Waals surface area (Å²) in [5.41, 5.74) is 5.49. The van der Waals surface area contributed by atoms with Gasteiger partial charge >= 0.3 is 0 Å². The van der Waals surface area contributed by atoms with E-state index in [9.17, 15) is 12.8 Å². The van der Waals surface area contributed by atoms with Gasteiger partial charge in [-0.1, -0.05) is 0 Å². The molecule has 1 aromatic carbocycles. The van der Waals surface area contributed by atoms with E-state index >= 15 is 0 Å². The summed E-state index contributed by atoms with van der Waals surface area (Å²) < 4.78 is 49.8. The smallest absolute Gasteiger partial charge is 0.243 e. The summed E-state index contributed by atoms with van der Waals surface area (Å²) in [6, 6.07) is 3.58. The fourth-order valence-electron chi connectivity index (χ4n) is 2.01. The largest absolute Gasteiger partial charge is 0.494 e. The monoisotopic (exact) mass is 340 g/mol. The average molecular weight is 341 g/mol. The van der Waals surface area contributed by atoms with Crippen LogP contribution in [0.2, 0.25) is 0 Å². The molecule has 0 radical (unpaired) electrons. The number of nitrogens with two attached hydrogens (primary N) is 1. The van der Waals surface area contributed by atoms with E-state index in [1.165, 1.54) is 23.5 Å². The molecule has 9 heteroatoms. The minimum Gasteiger partial charge on any atom is -0.494 e. The molecule has 1 unspecified atom stereocenters. The van der Waals surface area contributed by atoms with Crippen LogP contribution in [-0.2, 0) is 14.8 Å². The highest BCUT2D eigenvalue weighted by atomic mass is 35.5. The molecule has 1 aromatic rings. The lowest BCUT2D eigenvalue weighted by Crippen LogP contribution is -2.48. The standard InChI is InChI=1S/C12H17FN2O4S.ClH/c1-18-12-3-2-10(6-11(12)13)20(16,17)15-4-5-19-9(7-14)8-15;/h2-3,6,9H,4-5,7-8,14H2,1H3;1H. The third-order valence-electron chi connectivity index (χ3n) is 3.13. The van der Waals surface area contributed by atoms with Gasteiger partial charge in [0.15, 0.2) is 11.6 Å². The fourth-order valence-corrected chi connectivity index (χ4v) is 3.48. The summed E-state index contributed by atoms with van der Waals surface area (Å²) in [6.07, 6.45) is -0.332. The van der Waals surface area contributed by atoms with Gasteiger partial charge in [-0.25, -0.2) is 12.8 Å². The molecule has 1 aliphatic rings. The van der Waals surface area contributed by atoms with Crippen LogP contribution in [0.4, 0.5) is 4.39 Å². The molecule has 120 valence electrons. The SMILES string of the molecule is COc1ccc(S(=O)(=O)N2CCOC(CN)C2)cc1F.Cl. The molecule has 1 saturated heterocycles. The maximum Gasteiger partial charge on any atom is 0.243 e. The number of rotatable bonds is 4. The van der Waals surface area contributed by atoms with E-state index in [-0.39, 0.29) is 55.4 Å². The maximum absolute atomic E-state index is 13.6. The van der Waals surface area contributed by atoms with E-state index in [4.69, 9.17) is 15.2 Å². The Hall–Kier alpha value is -0.930. The Morgan fingerprint density at radius 1 is 1.52 bits per heavy atom. The van der Waals surface area contributed by atoms with E-state index < -0.39 is 15.8 Å². The summed E-state index contributed by atoms with van der Waals surface area (Å²) in [5, 5.41) is 0. The second-order valence-corrected chi connectivity index (χ2v) is 6.33. The molecule has 2 N–H and O–H groups in total. The third-order valence-corrected chi connectivity index (χ3v) is 4.99. The zero-order chi connectivity index (χ0) is 14.8. The van der Waals surface area contributed by atoms with Gasteiger partial charge in [0, 0.05) is 19.6 Å². The van der Waals surface area contributed by atoms with Crippen molar-refractivity contribution in [1.29, 1.82) is 0 Å². The Balaban J connectivity index is 0.00000220. The quantitative estimate of drug-likeness (QED) is 0.868. The van der Waals surface area contributed by atoms with E-state index in [1.54, 1.807) is 0 Å². The molecule has 1 fully saturated rings. The van der Waals surface area contributed by atoms with Gasteiger partial charge in [-0.2, -0.15) is 4.31 Å². The molecule has 0 spiro atoms. The molecule has 0 saturated carbocycles. The molecule has 21 heavy (non-hydrogen) atoms. The lowest BCUT2D eigenvalue weighted by Gasteiger charge is -2.31. The van der Waals surface area contributed by atoms with Crippen molar-refractivity contribution in [3.05, 3.63) is 24.0 Å². The van der Waals surface area contributed by atoms with E-state index in [1.807, 2.05) is 0 Å². The normalized spacial score (nSPS) is 19.9. The van der Waals surface area contributed by atoms with Crippen LogP contribution in [0.15, 0.2) is 23.1 Å². The molecule has 0 aromatic heterocycles. The van der Waals surface area contributed by atoms with Gasteiger partial charge in [0.1, 0.15) is 0 Å². The molecule has 0 bridgehead atoms. The third kappa shape index (κ3) is 3.83. The summed E-state index contributed by atoms with van der Waals surface area (Å²) >= 11 is 0. The highest BCUT2D eigenvalue weighted by Gasteiger charge is 2.30.